The fourth-order valence-electron chi connectivity index (χ4n) is 2.88. The molecule has 0 bridgehead atoms. The third-order valence-corrected chi connectivity index (χ3v) is 4.60. The van der Waals surface area contributed by atoms with Crippen molar-refractivity contribution in [2.45, 2.75) is 13.8 Å². The molecular weight excluding hydrogens is 468 g/mol. The lowest BCUT2D eigenvalue weighted by Crippen LogP contribution is -2.38. The summed E-state index contributed by atoms with van der Waals surface area (Å²) in [5, 5.41) is 0. The molecule has 0 spiro atoms. The number of carbonyl (C=O) groups is 4. The predicted molar refractivity (Wildman–Crippen MR) is 121 cm³/mol. The smallest absolute Gasteiger partial charge is 0.344 e. The molecule has 0 atom stereocenters. The molecule has 1 fully saturated rings. The van der Waals surface area contributed by atoms with Crippen LogP contribution in [0.2, 0.25) is 0 Å². The predicted octanol–water partition coefficient (Wildman–Crippen LogP) is -1.13. The molecule has 0 aliphatic carbocycles. The number of rotatable bonds is 10. The van der Waals surface area contributed by atoms with E-state index in [9.17, 15) is 19.2 Å². The molecule has 0 radical (unpaired) electrons. The van der Waals surface area contributed by atoms with Gasteiger partial charge in [-0.25, -0.2) is 9.59 Å². The number of ether oxygens (including phenoxy) is 7. The van der Waals surface area contributed by atoms with Crippen LogP contribution in [0, 0.1) is 0 Å². The third-order valence-electron chi connectivity index (χ3n) is 4.60. The lowest BCUT2D eigenvalue weighted by atomic mass is 10.4. The molecule has 13 heteroatoms. The van der Waals surface area contributed by atoms with E-state index in [0.29, 0.717) is 65.8 Å². The van der Waals surface area contributed by atoms with E-state index in [0.717, 1.165) is 0 Å². The summed E-state index contributed by atoms with van der Waals surface area (Å²) in [7, 11) is 0. The lowest BCUT2D eigenvalue weighted by Gasteiger charge is -2.22. The maximum atomic E-state index is 12.1. The van der Waals surface area contributed by atoms with E-state index < -0.39 is 37.1 Å². The van der Waals surface area contributed by atoms with E-state index in [2.05, 4.69) is 0 Å². The van der Waals surface area contributed by atoms with E-state index >= 15 is 0 Å². The first kappa shape index (κ1) is 30.7. The van der Waals surface area contributed by atoms with Gasteiger partial charge >= 0.3 is 23.9 Å². The van der Waals surface area contributed by atoms with Crippen molar-refractivity contribution >= 4 is 23.9 Å². The van der Waals surface area contributed by atoms with Gasteiger partial charge in [0.25, 0.3) is 0 Å². The highest BCUT2D eigenvalue weighted by molar-refractivity contribution is 5.78. The Morgan fingerprint density at radius 1 is 0.543 bits per heavy atom. The molecule has 35 heavy (non-hydrogen) atoms. The fourth-order valence-corrected chi connectivity index (χ4v) is 2.88. The first-order valence-electron chi connectivity index (χ1n) is 11.7. The first-order valence-corrected chi connectivity index (χ1v) is 11.7. The Morgan fingerprint density at radius 2 is 0.886 bits per heavy atom. The molecule has 0 aromatic heterocycles. The molecule has 1 heterocycles. The second-order valence-electron chi connectivity index (χ2n) is 7.32. The number of nitrogens with zero attached hydrogens (tertiary/aromatic N) is 2. The molecule has 0 aromatic carbocycles. The standard InChI is InChI=1S/C22H38N2O11/c1-3-32-21(27)17-34-19(25)15-23-5-9-29-10-6-24(8-12-31-14-13-30-11-7-23)16-20(26)35-18-22(28)33-4-2/h3-18H2,1-2H3. The summed E-state index contributed by atoms with van der Waals surface area (Å²) in [5.41, 5.74) is 0. The van der Waals surface area contributed by atoms with Gasteiger partial charge in [0.15, 0.2) is 13.2 Å². The molecule has 0 saturated carbocycles. The van der Waals surface area contributed by atoms with Crippen molar-refractivity contribution in [2.24, 2.45) is 0 Å². The van der Waals surface area contributed by atoms with Gasteiger partial charge in [0, 0.05) is 26.2 Å². The van der Waals surface area contributed by atoms with Crippen molar-refractivity contribution in [3.8, 4) is 0 Å². The maximum Gasteiger partial charge on any atom is 0.344 e. The summed E-state index contributed by atoms with van der Waals surface area (Å²) < 4.78 is 36.2. The molecule has 0 N–H and O–H groups in total. The quantitative estimate of drug-likeness (QED) is 0.261. The molecule has 0 unspecified atom stereocenters. The van der Waals surface area contributed by atoms with Gasteiger partial charge in [0.05, 0.1) is 65.9 Å². The Morgan fingerprint density at radius 3 is 1.23 bits per heavy atom. The molecular formula is C22H38N2O11. The molecule has 202 valence electrons. The van der Waals surface area contributed by atoms with Gasteiger partial charge in [-0.3, -0.25) is 19.4 Å². The van der Waals surface area contributed by atoms with Crippen LogP contribution in [-0.2, 0) is 52.3 Å². The van der Waals surface area contributed by atoms with E-state index in [-0.39, 0.29) is 26.3 Å². The van der Waals surface area contributed by atoms with E-state index in [1.807, 2.05) is 0 Å². The van der Waals surface area contributed by atoms with Crippen molar-refractivity contribution in [1.82, 2.24) is 9.80 Å². The third kappa shape index (κ3) is 16.9. The average Bonchev–Trinajstić information content (AvgIpc) is 2.83. The Kier molecular flexibility index (Phi) is 17.5. The number of carbonyl (C=O) groups excluding carboxylic acids is 4. The molecule has 0 amide bonds. The zero-order chi connectivity index (χ0) is 25.7. The molecule has 1 aliphatic heterocycles. The first-order chi connectivity index (χ1) is 16.9. The van der Waals surface area contributed by atoms with Crippen molar-refractivity contribution in [3.05, 3.63) is 0 Å². The van der Waals surface area contributed by atoms with Crippen LogP contribution in [0.3, 0.4) is 0 Å². The van der Waals surface area contributed by atoms with E-state index in [1.54, 1.807) is 23.6 Å². The highest BCUT2D eigenvalue weighted by Gasteiger charge is 2.16. The molecule has 1 rings (SSSR count). The van der Waals surface area contributed by atoms with Gasteiger partial charge < -0.3 is 33.2 Å². The van der Waals surface area contributed by atoms with Gasteiger partial charge in [-0.05, 0) is 13.8 Å². The second-order valence-corrected chi connectivity index (χ2v) is 7.32. The van der Waals surface area contributed by atoms with Gasteiger partial charge in [0.2, 0.25) is 0 Å². The van der Waals surface area contributed by atoms with Crippen LogP contribution < -0.4 is 0 Å². The summed E-state index contributed by atoms with van der Waals surface area (Å²) in [6.07, 6.45) is 0. The second kappa shape index (κ2) is 19.9. The molecule has 0 aromatic rings. The highest BCUT2D eigenvalue weighted by Crippen LogP contribution is 1.97. The monoisotopic (exact) mass is 506 g/mol. The number of esters is 4. The van der Waals surface area contributed by atoms with Crippen molar-refractivity contribution in [2.75, 3.05) is 105 Å². The minimum Gasteiger partial charge on any atom is -0.463 e. The fraction of sp³-hybridized carbons (Fsp3) is 0.818. The minimum atomic E-state index is -0.598. The Hall–Kier alpha value is -2.32. The zero-order valence-corrected chi connectivity index (χ0v) is 20.7. The van der Waals surface area contributed by atoms with Crippen molar-refractivity contribution in [1.29, 1.82) is 0 Å². The summed E-state index contributed by atoms with van der Waals surface area (Å²) in [6.45, 7) is 6.87. The minimum absolute atomic E-state index is 0.0267. The van der Waals surface area contributed by atoms with Crippen molar-refractivity contribution < 1.29 is 52.3 Å². The maximum absolute atomic E-state index is 12.1. The topological polar surface area (TPSA) is 139 Å². The van der Waals surface area contributed by atoms with Gasteiger partial charge in [-0.1, -0.05) is 0 Å². The van der Waals surface area contributed by atoms with E-state index in [1.165, 1.54) is 0 Å². The Balaban J connectivity index is 2.47. The zero-order valence-electron chi connectivity index (χ0n) is 20.7. The van der Waals surface area contributed by atoms with Gasteiger partial charge in [-0.15, -0.1) is 0 Å². The van der Waals surface area contributed by atoms with Crippen LogP contribution in [-0.4, -0.2) is 139 Å². The summed E-state index contributed by atoms with van der Waals surface area (Å²) in [5.74, 6) is -2.29. The largest absolute Gasteiger partial charge is 0.463 e. The van der Waals surface area contributed by atoms with Crippen LogP contribution >= 0.6 is 0 Å². The average molecular weight is 507 g/mol. The lowest BCUT2D eigenvalue weighted by molar-refractivity contribution is -0.159. The number of hydrogen-bond donors (Lipinski definition) is 0. The van der Waals surface area contributed by atoms with Crippen LogP contribution in [0.15, 0.2) is 0 Å². The Bertz CT molecular complexity index is 581. The van der Waals surface area contributed by atoms with Crippen LogP contribution in [0.4, 0.5) is 0 Å². The van der Waals surface area contributed by atoms with E-state index in [4.69, 9.17) is 33.2 Å². The molecule has 13 nitrogen and oxygen atoms in total. The van der Waals surface area contributed by atoms with Crippen LogP contribution in [0.25, 0.3) is 0 Å². The summed E-state index contributed by atoms with van der Waals surface area (Å²) in [4.78, 5) is 50.4. The van der Waals surface area contributed by atoms with Gasteiger partial charge in [0.1, 0.15) is 0 Å². The molecule has 1 aliphatic rings. The number of hydrogen-bond acceptors (Lipinski definition) is 13. The van der Waals surface area contributed by atoms with Crippen LogP contribution in [0.1, 0.15) is 13.8 Å². The Labute approximate surface area is 205 Å². The summed E-state index contributed by atoms with van der Waals surface area (Å²) >= 11 is 0. The van der Waals surface area contributed by atoms with Gasteiger partial charge in [-0.2, -0.15) is 0 Å². The van der Waals surface area contributed by atoms with Crippen LogP contribution in [0.5, 0.6) is 0 Å². The SMILES string of the molecule is CCOC(=O)COC(=O)CN1CCOCCOCCN(CC(=O)OCC(=O)OCC)CCOCC1. The highest BCUT2D eigenvalue weighted by atomic mass is 16.6. The summed E-state index contributed by atoms with van der Waals surface area (Å²) in [6, 6.07) is 0. The molecule has 1 saturated heterocycles. The van der Waals surface area contributed by atoms with Crippen molar-refractivity contribution in [3.63, 3.8) is 0 Å². The normalized spacial score (nSPS) is 17.4.